The van der Waals surface area contributed by atoms with Crippen molar-refractivity contribution >= 4 is 5.91 Å². The van der Waals surface area contributed by atoms with Crippen LogP contribution in [0.2, 0.25) is 0 Å². The zero-order valence-electron chi connectivity index (χ0n) is 15.3. The lowest BCUT2D eigenvalue weighted by molar-refractivity contribution is 0.0734. The molecule has 4 nitrogen and oxygen atoms in total. The molecule has 0 radical (unpaired) electrons. The summed E-state index contributed by atoms with van der Waals surface area (Å²) in [6.07, 6.45) is 4.87. The van der Waals surface area contributed by atoms with Crippen molar-refractivity contribution < 1.29 is 9.53 Å². The fourth-order valence-electron chi connectivity index (χ4n) is 3.64. The van der Waals surface area contributed by atoms with E-state index in [0.717, 1.165) is 53.7 Å². The van der Waals surface area contributed by atoms with Gasteiger partial charge < -0.3 is 14.2 Å². The van der Waals surface area contributed by atoms with Crippen LogP contribution in [0, 0.1) is 19.8 Å². The Labute approximate surface area is 149 Å². The van der Waals surface area contributed by atoms with Gasteiger partial charge in [0.25, 0.3) is 5.91 Å². The molecule has 1 amide bonds. The lowest BCUT2D eigenvalue weighted by Gasteiger charge is -2.22. The zero-order chi connectivity index (χ0) is 17.6. The molecule has 0 N–H and O–H groups in total. The fraction of sp³-hybridized carbons (Fsp3) is 0.476. The van der Waals surface area contributed by atoms with Gasteiger partial charge >= 0.3 is 0 Å². The Morgan fingerprint density at radius 3 is 2.60 bits per heavy atom. The molecular weight excluding hydrogens is 312 g/mol. The predicted molar refractivity (Wildman–Crippen MR) is 98.6 cm³/mol. The molecule has 2 aliphatic rings. The van der Waals surface area contributed by atoms with E-state index in [1.807, 2.05) is 31.2 Å². The van der Waals surface area contributed by atoms with Crippen LogP contribution in [0.15, 0.2) is 30.3 Å². The number of nitrogens with zero attached hydrogens (tertiary/aromatic N) is 2. The number of aryl methyl sites for hydroxylation is 1. The van der Waals surface area contributed by atoms with Gasteiger partial charge in [-0.25, -0.2) is 0 Å². The minimum absolute atomic E-state index is 0.205. The highest BCUT2D eigenvalue weighted by Crippen LogP contribution is 2.36. The molecule has 0 bridgehead atoms. The number of ether oxygens (including phenoxy) is 1. The maximum atomic E-state index is 13.2. The summed E-state index contributed by atoms with van der Waals surface area (Å²) >= 11 is 0. The lowest BCUT2D eigenvalue weighted by Crippen LogP contribution is -2.35. The first kappa shape index (κ1) is 16.2. The Hall–Kier alpha value is -2.23. The van der Waals surface area contributed by atoms with Crippen LogP contribution >= 0.6 is 0 Å². The van der Waals surface area contributed by atoms with Crippen LogP contribution in [0.5, 0.6) is 5.75 Å². The van der Waals surface area contributed by atoms with Crippen molar-refractivity contribution in [3.63, 3.8) is 0 Å². The van der Waals surface area contributed by atoms with Gasteiger partial charge in [-0.3, -0.25) is 4.79 Å². The average molecular weight is 338 g/mol. The van der Waals surface area contributed by atoms with Gasteiger partial charge in [-0.1, -0.05) is 6.07 Å². The minimum Gasteiger partial charge on any atom is -0.497 e. The molecule has 2 saturated carbocycles. The SMILES string of the molecule is COc1cccc(-n2c(C)cc(C(=O)N(CC3CC3)C3CC3)c2C)c1. The van der Waals surface area contributed by atoms with Crippen LogP contribution in [-0.2, 0) is 0 Å². The van der Waals surface area contributed by atoms with Gasteiger partial charge in [-0.05, 0) is 63.6 Å². The Kier molecular flexibility index (Phi) is 4.06. The van der Waals surface area contributed by atoms with Crippen LogP contribution in [0.25, 0.3) is 5.69 Å². The third-order valence-electron chi connectivity index (χ3n) is 5.37. The molecule has 0 aliphatic heterocycles. The Morgan fingerprint density at radius 1 is 1.20 bits per heavy atom. The Bertz CT molecular complexity index is 800. The van der Waals surface area contributed by atoms with E-state index in [0.29, 0.717) is 6.04 Å². The molecule has 25 heavy (non-hydrogen) atoms. The molecule has 0 saturated heterocycles. The third kappa shape index (κ3) is 3.17. The number of methoxy groups -OCH3 is 1. The van der Waals surface area contributed by atoms with E-state index in [1.54, 1.807) is 7.11 Å². The number of carbonyl (C=O) groups is 1. The summed E-state index contributed by atoms with van der Waals surface area (Å²) in [5, 5.41) is 0. The van der Waals surface area contributed by atoms with Crippen molar-refractivity contribution in [2.75, 3.05) is 13.7 Å². The van der Waals surface area contributed by atoms with Crippen LogP contribution in [0.4, 0.5) is 0 Å². The van der Waals surface area contributed by atoms with E-state index >= 15 is 0 Å². The highest BCUT2D eigenvalue weighted by Gasteiger charge is 2.37. The number of amides is 1. The molecule has 2 aromatic rings. The average Bonchev–Trinajstić information content (AvgIpc) is 3.51. The van der Waals surface area contributed by atoms with Crippen LogP contribution in [0.3, 0.4) is 0 Å². The molecule has 4 heteroatoms. The summed E-state index contributed by atoms with van der Waals surface area (Å²) in [5.74, 6) is 1.76. The van der Waals surface area contributed by atoms with Gasteiger partial charge in [0.15, 0.2) is 0 Å². The van der Waals surface area contributed by atoms with E-state index in [4.69, 9.17) is 4.74 Å². The first-order valence-electron chi connectivity index (χ1n) is 9.23. The van der Waals surface area contributed by atoms with E-state index in [9.17, 15) is 4.79 Å². The maximum absolute atomic E-state index is 13.2. The second kappa shape index (κ2) is 6.25. The van der Waals surface area contributed by atoms with E-state index < -0.39 is 0 Å². The maximum Gasteiger partial charge on any atom is 0.255 e. The zero-order valence-corrected chi connectivity index (χ0v) is 15.3. The Balaban J connectivity index is 1.67. The summed E-state index contributed by atoms with van der Waals surface area (Å²) in [5.41, 5.74) is 3.97. The first-order valence-corrected chi connectivity index (χ1v) is 9.23. The normalized spacial score (nSPS) is 16.8. The van der Waals surface area contributed by atoms with Crippen LogP contribution in [-0.4, -0.2) is 35.1 Å². The molecule has 2 aliphatic carbocycles. The van der Waals surface area contributed by atoms with Crippen molar-refractivity contribution in [3.05, 3.63) is 47.3 Å². The second-order valence-corrected chi connectivity index (χ2v) is 7.45. The van der Waals surface area contributed by atoms with E-state index in [-0.39, 0.29) is 5.91 Å². The van der Waals surface area contributed by atoms with Gasteiger partial charge in [-0.15, -0.1) is 0 Å². The van der Waals surface area contributed by atoms with Gasteiger partial charge in [0.05, 0.1) is 12.7 Å². The number of hydrogen-bond acceptors (Lipinski definition) is 2. The quantitative estimate of drug-likeness (QED) is 0.794. The van der Waals surface area contributed by atoms with Gasteiger partial charge in [0, 0.05) is 35.7 Å². The van der Waals surface area contributed by atoms with Crippen molar-refractivity contribution in [2.24, 2.45) is 5.92 Å². The molecule has 0 atom stereocenters. The van der Waals surface area contributed by atoms with E-state index in [2.05, 4.69) is 22.5 Å². The third-order valence-corrected chi connectivity index (χ3v) is 5.37. The first-order chi connectivity index (χ1) is 12.1. The monoisotopic (exact) mass is 338 g/mol. The predicted octanol–water partition coefficient (Wildman–Crippen LogP) is 4.12. The second-order valence-electron chi connectivity index (χ2n) is 7.45. The molecule has 2 fully saturated rings. The topological polar surface area (TPSA) is 34.5 Å². The molecular formula is C21H26N2O2. The number of rotatable bonds is 6. The van der Waals surface area contributed by atoms with Crippen molar-refractivity contribution in [3.8, 4) is 11.4 Å². The molecule has 132 valence electrons. The summed E-state index contributed by atoms with van der Waals surface area (Å²) in [6.45, 7) is 5.04. The molecule has 1 aromatic carbocycles. The van der Waals surface area contributed by atoms with Crippen molar-refractivity contribution in [1.29, 1.82) is 0 Å². The number of carbonyl (C=O) groups excluding carboxylic acids is 1. The number of aromatic nitrogens is 1. The van der Waals surface area contributed by atoms with Crippen molar-refractivity contribution in [1.82, 2.24) is 9.47 Å². The van der Waals surface area contributed by atoms with Crippen LogP contribution < -0.4 is 4.74 Å². The smallest absolute Gasteiger partial charge is 0.255 e. The summed E-state index contributed by atoms with van der Waals surface area (Å²) < 4.78 is 7.50. The summed E-state index contributed by atoms with van der Waals surface area (Å²) in [4.78, 5) is 15.4. The standard InChI is InChI=1S/C21H26N2O2/c1-14-11-20(21(24)22(17-9-10-17)13-16-7-8-16)15(2)23(14)18-5-4-6-19(12-18)25-3/h4-6,11-12,16-17H,7-10,13H2,1-3H3. The minimum atomic E-state index is 0.205. The lowest BCUT2D eigenvalue weighted by atomic mass is 10.2. The highest BCUT2D eigenvalue weighted by atomic mass is 16.5. The molecule has 0 spiro atoms. The van der Waals surface area contributed by atoms with Crippen LogP contribution in [0.1, 0.15) is 47.4 Å². The molecule has 1 aromatic heterocycles. The summed E-state index contributed by atoms with van der Waals surface area (Å²) in [7, 11) is 1.68. The van der Waals surface area contributed by atoms with E-state index in [1.165, 1.54) is 12.8 Å². The number of benzene rings is 1. The molecule has 0 unspecified atom stereocenters. The molecule has 4 rings (SSSR count). The molecule has 1 heterocycles. The largest absolute Gasteiger partial charge is 0.497 e. The number of hydrogen-bond donors (Lipinski definition) is 0. The van der Waals surface area contributed by atoms with Gasteiger partial charge in [0.1, 0.15) is 5.75 Å². The Morgan fingerprint density at radius 2 is 1.96 bits per heavy atom. The highest BCUT2D eigenvalue weighted by molar-refractivity contribution is 5.96. The van der Waals surface area contributed by atoms with Gasteiger partial charge in [0.2, 0.25) is 0 Å². The summed E-state index contributed by atoms with van der Waals surface area (Å²) in [6, 6.07) is 10.5. The van der Waals surface area contributed by atoms with Gasteiger partial charge in [-0.2, -0.15) is 0 Å². The van der Waals surface area contributed by atoms with Crippen molar-refractivity contribution in [2.45, 2.75) is 45.6 Å². The fourth-order valence-corrected chi connectivity index (χ4v) is 3.64.